The van der Waals surface area contributed by atoms with Gasteiger partial charge in [0.15, 0.2) is 5.96 Å². The lowest BCUT2D eigenvalue weighted by molar-refractivity contribution is 0.314. The van der Waals surface area contributed by atoms with Crippen LogP contribution in [0.3, 0.4) is 0 Å². The monoisotopic (exact) mass is 273 g/mol. The summed E-state index contributed by atoms with van der Waals surface area (Å²) >= 11 is 0. The van der Waals surface area contributed by atoms with Crippen molar-refractivity contribution in [1.82, 2.24) is 0 Å². The molecular weight excluding hydrogens is 250 g/mol. The molecule has 0 aromatic heterocycles. The predicted molar refractivity (Wildman–Crippen MR) is 82.3 cm³/mol. The number of nitrogens with zero attached hydrogens (tertiary/aromatic N) is 2. The van der Waals surface area contributed by atoms with Gasteiger partial charge in [0.1, 0.15) is 5.75 Å². The Balaban J connectivity index is 1.85. The van der Waals surface area contributed by atoms with E-state index >= 15 is 0 Å². The third kappa shape index (κ3) is 2.47. The maximum atomic E-state index is 6.13. The van der Waals surface area contributed by atoms with Crippen molar-refractivity contribution in [2.75, 3.05) is 18.6 Å². The van der Waals surface area contributed by atoms with E-state index in [1.165, 1.54) is 32.1 Å². The van der Waals surface area contributed by atoms with Crippen molar-refractivity contribution in [3.63, 3.8) is 0 Å². The number of guanidine groups is 1. The fourth-order valence-corrected chi connectivity index (χ4v) is 3.48. The van der Waals surface area contributed by atoms with Crippen LogP contribution in [0.5, 0.6) is 5.75 Å². The van der Waals surface area contributed by atoms with Crippen LogP contribution in [0.1, 0.15) is 32.1 Å². The second-order valence-electron chi connectivity index (χ2n) is 5.74. The van der Waals surface area contributed by atoms with E-state index in [0.717, 1.165) is 18.0 Å². The van der Waals surface area contributed by atoms with Crippen LogP contribution in [0.15, 0.2) is 29.3 Å². The van der Waals surface area contributed by atoms with E-state index in [9.17, 15) is 0 Å². The molecule has 108 valence electrons. The van der Waals surface area contributed by atoms with Gasteiger partial charge in [-0.3, -0.25) is 4.99 Å². The van der Waals surface area contributed by atoms with Crippen LogP contribution in [0.2, 0.25) is 0 Å². The average Bonchev–Trinajstić information content (AvgIpc) is 2.90. The van der Waals surface area contributed by atoms with E-state index in [1.807, 2.05) is 18.2 Å². The second-order valence-corrected chi connectivity index (χ2v) is 5.74. The molecule has 1 heterocycles. The molecule has 20 heavy (non-hydrogen) atoms. The molecular formula is C16H23N3O. The molecule has 0 saturated heterocycles. The first kappa shape index (κ1) is 13.3. The Bertz CT molecular complexity index is 494. The number of aliphatic imine (C=N–C) groups is 1. The molecule has 4 heteroatoms. The van der Waals surface area contributed by atoms with Crippen LogP contribution in [0, 0.1) is 5.92 Å². The van der Waals surface area contributed by atoms with E-state index < -0.39 is 0 Å². The minimum absolute atomic E-state index is 0.419. The van der Waals surface area contributed by atoms with Crippen molar-refractivity contribution in [3.05, 3.63) is 24.3 Å². The lowest BCUT2D eigenvalue weighted by atomic mass is 9.83. The number of hydrogen-bond acceptors (Lipinski definition) is 4. The first-order valence-electron chi connectivity index (χ1n) is 7.53. The topological polar surface area (TPSA) is 50.9 Å². The van der Waals surface area contributed by atoms with Gasteiger partial charge in [-0.2, -0.15) is 0 Å². The van der Waals surface area contributed by atoms with Crippen molar-refractivity contribution >= 4 is 11.6 Å². The molecule has 1 atom stereocenters. The van der Waals surface area contributed by atoms with E-state index in [-0.39, 0.29) is 0 Å². The highest BCUT2D eigenvalue weighted by atomic mass is 16.5. The van der Waals surface area contributed by atoms with Gasteiger partial charge in [-0.05, 0) is 30.9 Å². The summed E-state index contributed by atoms with van der Waals surface area (Å²) in [6.07, 6.45) is 6.65. The summed E-state index contributed by atoms with van der Waals surface area (Å²) in [5.74, 6) is 2.22. The van der Waals surface area contributed by atoms with Gasteiger partial charge in [-0.1, -0.05) is 25.3 Å². The van der Waals surface area contributed by atoms with Crippen molar-refractivity contribution in [2.45, 2.75) is 38.1 Å². The fraction of sp³-hybridized carbons (Fsp3) is 0.562. The zero-order valence-electron chi connectivity index (χ0n) is 12.1. The molecule has 0 bridgehead atoms. The third-order valence-corrected chi connectivity index (χ3v) is 4.54. The summed E-state index contributed by atoms with van der Waals surface area (Å²) in [5, 5.41) is 0. The number of ether oxygens (including phenoxy) is 1. The van der Waals surface area contributed by atoms with E-state index in [4.69, 9.17) is 10.5 Å². The number of hydrogen-bond donors (Lipinski definition) is 1. The molecule has 1 aromatic rings. The van der Waals surface area contributed by atoms with Gasteiger partial charge in [0.05, 0.1) is 19.7 Å². The summed E-state index contributed by atoms with van der Waals surface area (Å²) in [6, 6.07) is 8.53. The summed E-state index contributed by atoms with van der Waals surface area (Å²) in [5.41, 5.74) is 7.23. The van der Waals surface area contributed by atoms with Crippen molar-refractivity contribution in [2.24, 2.45) is 16.6 Å². The highest BCUT2D eigenvalue weighted by Gasteiger charge is 2.34. The molecule has 2 N–H and O–H groups in total. The first-order valence-corrected chi connectivity index (χ1v) is 7.53. The van der Waals surface area contributed by atoms with E-state index in [2.05, 4.69) is 16.0 Å². The Hall–Kier alpha value is -1.71. The SMILES string of the molecule is COc1cccc(N2C(N)=NCC2C2CCCCC2)c1. The van der Waals surface area contributed by atoms with Crippen LogP contribution < -0.4 is 15.4 Å². The van der Waals surface area contributed by atoms with Gasteiger partial charge in [-0.15, -0.1) is 0 Å². The summed E-state index contributed by atoms with van der Waals surface area (Å²) in [4.78, 5) is 6.69. The largest absolute Gasteiger partial charge is 0.497 e. The molecule has 1 unspecified atom stereocenters. The summed E-state index contributed by atoms with van der Waals surface area (Å²) in [6.45, 7) is 0.827. The molecule has 0 radical (unpaired) electrons. The van der Waals surface area contributed by atoms with E-state index in [0.29, 0.717) is 17.9 Å². The lowest BCUT2D eigenvalue weighted by Gasteiger charge is -2.34. The zero-order valence-corrected chi connectivity index (χ0v) is 12.1. The Kier molecular flexibility index (Phi) is 3.81. The highest BCUT2D eigenvalue weighted by molar-refractivity contribution is 5.97. The highest BCUT2D eigenvalue weighted by Crippen LogP contribution is 2.34. The van der Waals surface area contributed by atoms with Gasteiger partial charge >= 0.3 is 0 Å². The molecule has 3 rings (SSSR count). The molecule has 2 aliphatic rings. The molecule has 1 aliphatic heterocycles. The summed E-state index contributed by atoms with van der Waals surface area (Å²) in [7, 11) is 1.69. The number of methoxy groups -OCH3 is 1. The molecule has 1 fully saturated rings. The van der Waals surface area contributed by atoms with Crippen LogP contribution in [0.4, 0.5) is 5.69 Å². The van der Waals surface area contributed by atoms with Gasteiger partial charge in [0.25, 0.3) is 0 Å². The Morgan fingerprint density at radius 3 is 2.80 bits per heavy atom. The second kappa shape index (κ2) is 5.73. The smallest absolute Gasteiger partial charge is 0.196 e. The van der Waals surface area contributed by atoms with Crippen LogP contribution >= 0.6 is 0 Å². The van der Waals surface area contributed by atoms with Gasteiger partial charge in [-0.25, -0.2) is 0 Å². The molecule has 1 saturated carbocycles. The fourth-order valence-electron chi connectivity index (χ4n) is 3.48. The maximum absolute atomic E-state index is 6.13. The quantitative estimate of drug-likeness (QED) is 0.921. The molecule has 0 amide bonds. The lowest BCUT2D eigenvalue weighted by Crippen LogP contribution is -2.45. The average molecular weight is 273 g/mol. The standard InChI is InChI=1S/C16H23N3O/c1-20-14-9-5-8-13(10-14)19-15(11-18-16(19)17)12-6-3-2-4-7-12/h5,8-10,12,15H,2-4,6-7,11H2,1H3,(H2,17,18). The Morgan fingerprint density at radius 2 is 2.05 bits per heavy atom. The molecule has 1 aliphatic carbocycles. The Morgan fingerprint density at radius 1 is 1.25 bits per heavy atom. The van der Waals surface area contributed by atoms with Gasteiger partial charge in [0.2, 0.25) is 0 Å². The number of benzene rings is 1. The van der Waals surface area contributed by atoms with Gasteiger partial charge in [0, 0.05) is 11.8 Å². The minimum Gasteiger partial charge on any atom is -0.497 e. The van der Waals surface area contributed by atoms with Crippen molar-refractivity contribution < 1.29 is 4.74 Å². The molecule has 0 spiro atoms. The minimum atomic E-state index is 0.419. The normalized spacial score (nSPS) is 23.8. The summed E-state index contributed by atoms with van der Waals surface area (Å²) < 4.78 is 5.32. The number of nitrogens with two attached hydrogens (primary N) is 1. The van der Waals surface area contributed by atoms with Crippen molar-refractivity contribution in [3.8, 4) is 5.75 Å². The maximum Gasteiger partial charge on any atom is 0.196 e. The van der Waals surface area contributed by atoms with Gasteiger partial charge < -0.3 is 15.4 Å². The Labute approximate surface area is 120 Å². The van der Waals surface area contributed by atoms with Crippen LogP contribution in [0.25, 0.3) is 0 Å². The first-order chi connectivity index (χ1) is 9.79. The predicted octanol–water partition coefficient (Wildman–Crippen LogP) is 2.78. The molecule has 4 nitrogen and oxygen atoms in total. The molecule has 1 aromatic carbocycles. The number of anilines is 1. The third-order valence-electron chi connectivity index (χ3n) is 4.54. The van der Waals surface area contributed by atoms with Crippen molar-refractivity contribution in [1.29, 1.82) is 0 Å². The van der Waals surface area contributed by atoms with Crippen LogP contribution in [-0.2, 0) is 0 Å². The number of rotatable bonds is 3. The van der Waals surface area contributed by atoms with E-state index in [1.54, 1.807) is 7.11 Å². The zero-order chi connectivity index (χ0) is 13.9. The van der Waals surface area contributed by atoms with Crippen LogP contribution in [-0.4, -0.2) is 25.7 Å².